The van der Waals surface area contributed by atoms with Gasteiger partial charge in [-0.15, -0.1) is 10.2 Å². The van der Waals surface area contributed by atoms with Crippen LogP contribution in [0.2, 0.25) is 0 Å². The van der Waals surface area contributed by atoms with Gasteiger partial charge in [0, 0.05) is 29.2 Å². The SMILES string of the molecule is C[C@@H]1CC[C@H](C)N1c1ccc(-c2cccc3cccnc23)nn1. The van der Waals surface area contributed by atoms with Crippen molar-refractivity contribution in [2.75, 3.05) is 4.90 Å². The molecule has 4 nitrogen and oxygen atoms in total. The first kappa shape index (κ1) is 14.1. The van der Waals surface area contributed by atoms with Gasteiger partial charge in [0.25, 0.3) is 0 Å². The van der Waals surface area contributed by atoms with Crippen LogP contribution in [0.4, 0.5) is 5.82 Å². The van der Waals surface area contributed by atoms with E-state index in [0.717, 1.165) is 28.0 Å². The Morgan fingerprint density at radius 3 is 2.43 bits per heavy atom. The molecule has 23 heavy (non-hydrogen) atoms. The highest BCUT2D eigenvalue weighted by molar-refractivity contribution is 5.92. The quantitative estimate of drug-likeness (QED) is 0.715. The summed E-state index contributed by atoms with van der Waals surface area (Å²) in [7, 11) is 0. The van der Waals surface area contributed by atoms with Crippen LogP contribution in [-0.4, -0.2) is 27.3 Å². The number of anilines is 1. The molecular weight excluding hydrogens is 284 g/mol. The van der Waals surface area contributed by atoms with E-state index in [9.17, 15) is 0 Å². The predicted octanol–water partition coefficient (Wildman–Crippen LogP) is 4.07. The standard InChI is InChI=1S/C19H20N4/c1-13-8-9-14(2)23(13)18-11-10-17(21-22-18)16-7-3-5-15-6-4-12-20-19(15)16/h3-7,10-14H,8-9H2,1-2H3/t13-,14+. The zero-order valence-corrected chi connectivity index (χ0v) is 13.5. The van der Waals surface area contributed by atoms with Crippen LogP contribution in [0.15, 0.2) is 48.7 Å². The zero-order chi connectivity index (χ0) is 15.8. The first-order chi connectivity index (χ1) is 11.2. The van der Waals surface area contributed by atoms with Gasteiger partial charge in [0.1, 0.15) is 0 Å². The molecule has 4 heteroatoms. The molecule has 2 aromatic heterocycles. The summed E-state index contributed by atoms with van der Waals surface area (Å²) in [4.78, 5) is 6.88. The molecule has 1 fully saturated rings. The summed E-state index contributed by atoms with van der Waals surface area (Å²) in [6.07, 6.45) is 4.26. The summed E-state index contributed by atoms with van der Waals surface area (Å²) in [5.74, 6) is 0.972. The van der Waals surface area contributed by atoms with Gasteiger partial charge in [0.05, 0.1) is 11.2 Å². The van der Waals surface area contributed by atoms with Crippen molar-refractivity contribution in [3.05, 3.63) is 48.7 Å². The molecule has 3 heterocycles. The lowest BCUT2D eigenvalue weighted by atomic mass is 10.1. The van der Waals surface area contributed by atoms with Gasteiger partial charge in [-0.3, -0.25) is 4.98 Å². The second-order valence-electron chi connectivity index (χ2n) is 6.34. The highest BCUT2D eigenvalue weighted by Gasteiger charge is 2.28. The van der Waals surface area contributed by atoms with Crippen LogP contribution in [0.25, 0.3) is 22.2 Å². The van der Waals surface area contributed by atoms with E-state index >= 15 is 0 Å². The molecule has 0 N–H and O–H groups in total. The molecule has 0 amide bonds. The van der Waals surface area contributed by atoms with Crippen LogP contribution >= 0.6 is 0 Å². The average molecular weight is 304 g/mol. The fraction of sp³-hybridized carbons (Fsp3) is 0.316. The van der Waals surface area contributed by atoms with Gasteiger partial charge in [-0.25, -0.2) is 0 Å². The van der Waals surface area contributed by atoms with Crippen LogP contribution in [-0.2, 0) is 0 Å². The van der Waals surface area contributed by atoms with E-state index in [0.29, 0.717) is 12.1 Å². The lowest BCUT2D eigenvalue weighted by molar-refractivity contribution is 0.676. The van der Waals surface area contributed by atoms with E-state index in [1.54, 1.807) is 0 Å². The topological polar surface area (TPSA) is 41.9 Å². The number of aromatic nitrogens is 3. The maximum Gasteiger partial charge on any atom is 0.151 e. The highest BCUT2D eigenvalue weighted by Crippen LogP contribution is 2.30. The minimum Gasteiger partial charge on any atom is -0.350 e. The summed E-state index contributed by atoms with van der Waals surface area (Å²) in [5, 5.41) is 10.1. The normalized spacial score (nSPS) is 21.0. The van der Waals surface area contributed by atoms with Crippen LogP contribution in [0.3, 0.4) is 0 Å². The van der Waals surface area contributed by atoms with E-state index in [1.807, 2.05) is 18.3 Å². The number of nitrogens with zero attached hydrogens (tertiary/aromatic N) is 4. The fourth-order valence-electron chi connectivity index (χ4n) is 3.56. The second kappa shape index (κ2) is 5.61. The molecule has 0 spiro atoms. The number of hydrogen-bond acceptors (Lipinski definition) is 4. The van der Waals surface area contributed by atoms with Gasteiger partial charge < -0.3 is 4.90 Å². The maximum atomic E-state index is 4.50. The first-order valence-electron chi connectivity index (χ1n) is 8.20. The Morgan fingerprint density at radius 2 is 1.70 bits per heavy atom. The molecule has 1 aromatic carbocycles. The maximum absolute atomic E-state index is 4.50. The lowest BCUT2D eigenvalue weighted by Crippen LogP contribution is -2.33. The van der Waals surface area contributed by atoms with Crippen molar-refractivity contribution in [3.63, 3.8) is 0 Å². The van der Waals surface area contributed by atoms with Crippen LogP contribution < -0.4 is 4.90 Å². The molecule has 116 valence electrons. The van der Waals surface area contributed by atoms with Crippen molar-refractivity contribution >= 4 is 16.7 Å². The van der Waals surface area contributed by atoms with Gasteiger partial charge >= 0.3 is 0 Å². The lowest BCUT2D eigenvalue weighted by Gasteiger charge is -2.26. The van der Waals surface area contributed by atoms with Crippen molar-refractivity contribution < 1.29 is 0 Å². The Balaban J connectivity index is 1.73. The van der Waals surface area contributed by atoms with Crippen molar-refractivity contribution in [2.45, 2.75) is 38.8 Å². The van der Waals surface area contributed by atoms with Gasteiger partial charge in [-0.05, 0) is 44.9 Å². The summed E-state index contributed by atoms with van der Waals surface area (Å²) in [6, 6.07) is 15.4. The molecule has 0 aliphatic carbocycles. The third-order valence-corrected chi connectivity index (χ3v) is 4.78. The molecule has 4 rings (SSSR count). The monoisotopic (exact) mass is 304 g/mol. The summed E-state index contributed by atoms with van der Waals surface area (Å²) >= 11 is 0. The molecule has 2 atom stereocenters. The highest BCUT2D eigenvalue weighted by atomic mass is 15.3. The molecule has 1 aliphatic heterocycles. The number of fused-ring (bicyclic) bond motifs is 1. The largest absolute Gasteiger partial charge is 0.350 e. The van der Waals surface area contributed by atoms with E-state index < -0.39 is 0 Å². The molecule has 0 bridgehead atoms. The molecule has 1 saturated heterocycles. The van der Waals surface area contributed by atoms with Crippen molar-refractivity contribution in [1.82, 2.24) is 15.2 Å². The Kier molecular flexibility index (Phi) is 3.45. The average Bonchev–Trinajstić information content (AvgIpc) is 2.93. The van der Waals surface area contributed by atoms with E-state index in [-0.39, 0.29) is 0 Å². The van der Waals surface area contributed by atoms with Crippen LogP contribution in [0.1, 0.15) is 26.7 Å². The number of rotatable bonds is 2. The van der Waals surface area contributed by atoms with Gasteiger partial charge in [0.15, 0.2) is 5.82 Å². The molecule has 0 radical (unpaired) electrons. The zero-order valence-electron chi connectivity index (χ0n) is 13.5. The summed E-state index contributed by atoms with van der Waals surface area (Å²) in [5.41, 5.74) is 2.88. The third-order valence-electron chi connectivity index (χ3n) is 4.78. The van der Waals surface area contributed by atoms with Crippen molar-refractivity contribution in [3.8, 4) is 11.3 Å². The fourth-order valence-corrected chi connectivity index (χ4v) is 3.56. The van der Waals surface area contributed by atoms with Crippen LogP contribution in [0, 0.1) is 0 Å². The van der Waals surface area contributed by atoms with E-state index in [4.69, 9.17) is 0 Å². The Bertz CT molecular complexity index is 813. The third kappa shape index (κ3) is 2.44. The molecular formula is C19H20N4. The van der Waals surface area contributed by atoms with Crippen molar-refractivity contribution in [2.24, 2.45) is 0 Å². The van der Waals surface area contributed by atoms with E-state index in [2.05, 4.69) is 64.3 Å². The summed E-state index contributed by atoms with van der Waals surface area (Å²) in [6.45, 7) is 4.52. The first-order valence-corrected chi connectivity index (χ1v) is 8.20. The predicted molar refractivity (Wildman–Crippen MR) is 93.4 cm³/mol. The molecule has 1 aliphatic rings. The smallest absolute Gasteiger partial charge is 0.151 e. The number of pyridine rings is 1. The van der Waals surface area contributed by atoms with Crippen LogP contribution in [0.5, 0.6) is 0 Å². The number of benzene rings is 1. The molecule has 3 aromatic rings. The number of hydrogen-bond donors (Lipinski definition) is 0. The minimum absolute atomic E-state index is 0.532. The minimum atomic E-state index is 0.532. The molecule has 0 saturated carbocycles. The Hall–Kier alpha value is -2.49. The van der Waals surface area contributed by atoms with E-state index in [1.165, 1.54) is 12.8 Å². The number of para-hydroxylation sites is 1. The second-order valence-corrected chi connectivity index (χ2v) is 6.34. The Morgan fingerprint density at radius 1 is 0.913 bits per heavy atom. The summed E-state index contributed by atoms with van der Waals surface area (Å²) < 4.78 is 0. The van der Waals surface area contributed by atoms with Gasteiger partial charge in [0.2, 0.25) is 0 Å². The van der Waals surface area contributed by atoms with Gasteiger partial charge in [-0.1, -0.05) is 24.3 Å². The Labute approximate surface area is 136 Å². The van der Waals surface area contributed by atoms with Gasteiger partial charge in [-0.2, -0.15) is 0 Å². The molecule has 0 unspecified atom stereocenters. The van der Waals surface area contributed by atoms with Crippen molar-refractivity contribution in [1.29, 1.82) is 0 Å².